The van der Waals surface area contributed by atoms with Crippen LogP contribution >= 0.6 is 0 Å². The molecule has 7 heteroatoms. The van der Waals surface area contributed by atoms with E-state index >= 15 is 0 Å². The van der Waals surface area contributed by atoms with Crippen molar-refractivity contribution >= 4 is 17.0 Å². The van der Waals surface area contributed by atoms with Crippen molar-refractivity contribution < 1.29 is 4.74 Å². The van der Waals surface area contributed by atoms with Gasteiger partial charge in [0, 0.05) is 61.1 Å². The molecule has 1 atom stereocenters. The zero-order valence-corrected chi connectivity index (χ0v) is 21.5. The zero-order valence-electron chi connectivity index (χ0n) is 21.5. The average molecular weight is 489 g/mol. The Morgan fingerprint density at radius 1 is 1.06 bits per heavy atom. The fourth-order valence-electron chi connectivity index (χ4n) is 5.93. The van der Waals surface area contributed by atoms with E-state index in [1.54, 1.807) is 0 Å². The van der Waals surface area contributed by atoms with Gasteiger partial charge in [-0.25, -0.2) is 4.98 Å². The topological polar surface area (TPSA) is 81.2 Å². The van der Waals surface area contributed by atoms with E-state index in [9.17, 15) is 0 Å². The van der Waals surface area contributed by atoms with Gasteiger partial charge in [-0.1, -0.05) is 37.1 Å². The van der Waals surface area contributed by atoms with Crippen LogP contribution in [0.4, 0.5) is 5.95 Å². The molecule has 192 valence electrons. The second kappa shape index (κ2) is 10.5. The molecular formula is C29H40N6O. The predicted octanol–water partition coefficient (Wildman–Crippen LogP) is 4.97. The van der Waals surface area contributed by atoms with Gasteiger partial charge in [0.2, 0.25) is 5.95 Å². The van der Waals surface area contributed by atoms with E-state index < -0.39 is 0 Å². The molecule has 1 aliphatic heterocycles. The summed E-state index contributed by atoms with van der Waals surface area (Å²) < 4.78 is 7.91. The SMILES string of the molecule is CC(CC1CC1)Nc1ncc2c(-c3ccc(CN4CCOCC4)cc3)cn(C3CCC(N)CC3)c2n1. The maximum atomic E-state index is 6.23. The van der Waals surface area contributed by atoms with Crippen LogP contribution in [0, 0.1) is 5.92 Å². The maximum absolute atomic E-state index is 6.23. The van der Waals surface area contributed by atoms with Gasteiger partial charge in [-0.15, -0.1) is 0 Å². The average Bonchev–Trinajstić information content (AvgIpc) is 3.63. The minimum atomic E-state index is 0.330. The summed E-state index contributed by atoms with van der Waals surface area (Å²) in [7, 11) is 0. The zero-order chi connectivity index (χ0) is 24.5. The smallest absolute Gasteiger partial charge is 0.224 e. The fraction of sp³-hybridized carbons (Fsp3) is 0.586. The molecule has 36 heavy (non-hydrogen) atoms. The van der Waals surface area contributed by atoms with Gasteiger partial charge in [-0.2, -0.15) is 4.98 Å². The van der Waals surface area contributed by atoms with Crippen LogP contribution in [-0.2, 0) is 11.3 Å². The third-order valence-electron chi connectivity index (χ3n) is 8.24. The van der Waals surface area contributed by atoms with Gasteiger partial charge in [0.15, 0.2) is 0 Å². The number of nitrogens with zero attached hydrogens (tertiary/aromatic N) is 4. The van der Waals surface area contributed by atoms with Gasteiger partial charge in [0.1, 0.15) is 5.65 Å². The molecule has 0 radical (unpaired) electrons. The van der Waals surface area contributed by atoms with Crippen molar-refractivity contribution in [2.45, 2.75) is 76.5 Å². The predicted molar refractivity (Wildman–Crippen MR) is 145 cm³/mol. The van der Waals surface area contributed by atoms with E-state index in [1.165, 1.54) is 36.0 Å². The van der Waals surface area contributed by atoms with Crippen LogP contribution in [0.2, 0.25) is 0 Å². The first-order valence-electron chi connectivity index (χ1n) is 13.9. The Labute approximate surface area is 214 Å². The number of hydrogen-bond acceptors (Lipinski definition) is 6. The number of rotatable bonds is 8. The third kappa shape index (κ3) is 5.43. The first-order chi connectivity index (χ1) is 17.6. The van der Waals surface area contributed by atoms with Crippen molar-refractivity contribution in [1.29, 1.82) is 0 Å². The molecule has 6 rings (SSSR count). The molecule has 1 saturated heterocycles. The normalized spacial score (nSPS) is 24.2. The summed E-state index contributed by atoms with van der Waals surface area (Å²) in [5.41, 5.74) is 11.1. The number of ether oxygens (including phenoxy) is 1. The lowest BCUT2D eigenvalue weighted by Gasteiger charge is -2.27. The van der Waals surface area contributed by atoms with Crippen LogP contribution in [0.1, 0.15) is 63.5 Å². The van der Waals surface area contributed by atoms with E-state index in [0.717, 1.165) is 81.4 Å². The largest absolute Gasteiger partial charge is 0.379 e. The molecule has 3 aromatic rings. The number of hydrogen-bond donors (Lipinski definition) is 2. The van der Waals surface area contributed by atoms with Gasteiger partial charge in [-0.05, 0) is 56.1 Å². The summed E-state index contributed by atoms with van der Waals surface area (Å²) in [6, 6.07) is 10.2. The summed E-state index contributed by atoms with van der Waals surface area (Å²) in [6.07, 6.45) is 12.6. The highest BCUT2D eigenvalue weighted by atomic mass is 16.5. The van der Waals surface area contributed by atoms with Crippen LogP contribution in [-0.4, -0.2) is 57.8 Å². The van der Waals surface area contributed by atoms with E-state index in [0.29, 0.717) is 18.1 Å². The molecule has 3 heterocycles. The Kier molecular flexibility index (Phi) is 6.96. The highest BCUT2D eigenvalue weighted by Gasteiger charge is 2.26. The van der Waals surface area contributed by atoms with Crippen molar-refractivity contribution in [2.75, 3.05) is 31.6 Å². The molecular weight excluding hydrogens is 448 g/mol. The number of anilines is 1. The Bertz CT molecular complexity index is 1160. The second-order valence-corrected chi connectivity index (χ2v) is 11.3. The molecule has 3 N–H and O–H groups in total. The molecule has 2 aliphatic carbocycles. The first-order valence-corrected chi connectivity index (χ1v) is 13.9. The highest BCUT2D eigenvalue weighted by Crippen LogP contribution is 2.37. The minimum Gasteiger partial charge on any atom is -0.379 e. The highest BCUT2D eigenvalue weighted by molar-refractivity contribution is 5.94. The quantitative estimate of drug-likeness (QED) is 0.466. The van der Waals surface area contributed by atoms with Gasteiger partial charge >= 0.3 is 0 Å². The Hall–Kier alpha value is -2.48. The van der Waals surface area contributed by atoms with Gasteiger partial charge in [-0.3, -0.25) is 4.90 Å². The summed E-state index contributed by atoms with van der Waals surface area (Å²) in [5.74, 6) is 1.62. The van der Waals surface area contributed by atoms with Gasteiger partial charge < -0.3 is 20.4 Å². The van der Waals surface area contributed by atoms with Crippen LogP contribution in [0.5, 0.6) is 0 Å². The summed E-state index contributed by atoms with van der Waals surface area (Å²) >= 11 is 0. The van der Waals surface area contributed by atoms with Gasteiger partial charge in [0.05, 0.1) is 13.2 Å². The molecule has 7 nitrogen and oxygen atoms in total. The summed E-state index contributed by atoms with van der Waals surface area (Å²) in [4.78, 5) is 12.3. The van der Waals surface area contributed by atoms with E-state index in [1.807, 2.05) is 6.20 Å². The number of benzene rings is 1. The van der Waals surface area contributed by atoms with Crippen molar-refractivity contribution in [3.8, 4) is 11.1 Å². The van der Waals surface area contributed by atoms with Crippen molar-refractivity contribution in [3.05, 3.63) is 42.2 Å². The minimum absolute atomic E-state index is 0.330. The van der Waals surface area contributed by atoms with Crippen molar-refractivity contribution in [2.24, 2.45) is 11.7 Å². The lowest BCUT2D eigenvalue weighted by molar-refractivity contribution is 0.0342. The second-order valence-electron chi connectivity index (χ2n) is 11.3. The monoisotopic (exact) mass is 488 g/mol. The van der Waals surface area contributed by atoms with E-state index in [2.05, 4.69) is 52.2 Å². The molecule has 3 aliphatic rings. The lowest BCUT2D eigenvalue weighted by Crippen LogP contribution is -2.35. The van der Waals surface area contributed by atoms with Crippen LogP contribution in [0.15, 0.2) is 36.7 Å². The Morgan fingerprint density at radius 3 is 2.53 bits per heavy atom. The molecule has 1 aromatic carbocycles. The molecule has 2 aromatic heterocycles. The Morgan fingerprint density at radius 2 is 1.81 bits per heavy atom. The fourth-order valence-corrected chi connectivity index (χ4v) is 5.93. The van der Waals surface area contributed by atoms with Crippen LogP contribution < -0.4 is 11.1 Å². The number of aromatic nitrogens is 3. The maximum Gasteiger partial charge on any atom is 0.224 e. The van der Waals surface area contributed by atoms with Crippen LogP contribution in [0.3, 0.4) is 0 Å². The Balaban J connectivity index is 1.28. The van der Waals surface area contributed by atoms with E-state index in [4.69, 9.17) is 20.4 Å². The molecule has 2 saturated carbocycles. The number of nitrogens with one attached hydrogen (secondary N) is 1. The van der Waals surface area contributed by atoms with E-state index in [-0.39, 0.29) is 0 Å². The van der Waals surface area contributed by atoms with Crippen LogP contribution in [0.25, 0.3) is 22.2 Å². The summed E-state index contributed by atoms with van der Waals surface area (Å²) in [5, 5.41) is 4.70. The molecule has 1 unspecified atom stereocenters. The van der Waals surface area contributed by atoms with Crippen molar-refractivity contribution in [1.82, 2.24) is 19.4 Å². The first kappa shape index (κ1) is 23.9. The van der Waals surface area contributed by atoms with Crippen molar-refractivity contribution in [3.63, 3.8) is 0 Å². The third-order valence-corrected chi connectivity index (χ3v) is 8.24. The summed E-state index contributed by atoms with van der Waals surface area (Å²) in [6.45, 7) is 6.91. The molecule has 0 bridgehead atoms. The molecule has 0 amide bonds. The van der Waals surface area contributed by atoms with Gasteiger partial charge in [0.25, 0.3) is 0 Å². The molecule has 3 fully saturated rings. The lowest BCUT2D eigenvalue weighted by atomic mass is 9.92. The number of nitrogens with two attached hydrogens (primary N) is 1. The number of fused-ring (bicyclic) bond motifs is 1. The molecule has 0 spiro atoms. The standard InChI is InChI=1S/C29H40N6O/c1-20(16-21-2-3-21)32-29-31-17-26-27(19-35(28(26)33-29)25-10-8-24(30)9-11-25)23-6-4-22(5-7-23)18-34-12-14-36-15-13-34/h4-7,17,19-21,24-25H,2-3,8-16,18,30H2,1H3,(H,31,32,33). The number of morpholine rings is 1.